The molecule has 2 aromatic rings. The Kier molecular flexibility index (Phi) is 10.3. The third kappa shape index (κ3) is 8.01. The first-order chi connectivity index (χ1) is 18.9. The molecule has 2 aromatic carbocycles. The van der Waals surface area contributed by atoms with Gasteiger partial charge in [-0.3, -0.25) is 9.59 Å². The summed E-state index contributed by atoms with van der Waals surface area (Å²) in [5.41, 5.74) is 0.355. The number of hydrogen-bond acceptors (Lipinski definition) is 10. The Morgan fingerprint density at radius 2 is 1.68 bits per heavy atom. The Hall–Kier alpha value is -3.51. The van der Waals surface area contributed by atoms with E-state index in [9.17, 15) is 18.0 Å². The fraction of sp³-hybridized carbons (Fsp3) is 0.500. The van der Waals surface area contributed by atoms with Gasteiger partial charge in [0.2, 0.25) is 10.0 Å². The zero-order chi connectivity index (χ0) is 29.5. The van der Waals surface area contributed by atoms with Crippen molar-refractivity contribution in [2.45, 2.75) is 63.2 Å². The van der Waals surface area contributed by atoms with Crippen LogP contribution in [0.2, 0.25) is 0 Å². The van der Waals surface area contributed by atoms with Crippen molar-refractivity contribution in [1.29, 1.82) is 0 Å². The number of sulfonamides is 1. The smallest absolute Gasteiger partial charge is 0.324 e. The van der Waals surface area contributed by atoms with Crippen LogP contribution in [0.15, 0.2) is 41.3 Å². The molecular formula is C28H38N2O9S. The average Bonchev–Trinajstić information content (AvgIpc) is 3.03. The maximum atomic E-state index is 13.8. The Bertz CT molecular complexity index is 1280. The number of esters is 2. The highest BCUT2D eigenvalue weighted by molar-refractivity contribution is 7.89. The van der Waals surface area contributed by atoms with E-state index in [4.69, 9.17) is 18.9 Å². The van der Waals surface area contributed by atoms with Crippen LogP contribution in [0.5, 0.6) is 17.2 Å². The van der Waals surface area contributed by atoms with Gasteiger partial charge < -0.3 is 29.0 Å². The lowest BCUT2D eigenvalue weighted by molar-refractivity contribution is -0.160. The van der Waals surface area contributed by atoms with Gasteiger partial charge in [-0.15, -0.1) is 0 Å². The van der Waals surface area contributed by atoms with Crippen LogP contribution >= 0.6 is 0 Å². The summed E-state index contributed by atoms with van der Waals surface area (Å²) in [7, 11) is 0.293. The first-order valence-corrected chi connectivity index (χ1v) is 14.4. The fourth-order valence-corrected chi connectivity index (χ4v) is 6.00. The molecule has 1 aliphatic rings. The zero-order valence-corrected chi connectivity index (χ0v) is 24.6. The third-order valence-corrected chi connectivity index (χ3v) is 8.08. The van der Waals surface area contributed by atoms with E-state index in [-0.39, 0.29) is 43.9 Å². The molecular weight excluding hydrogens is 540 g/mol. The second kappa shape index (κ2) is 13.2. The molecule has 1 aliphatic heterocycles. The second-order valence-corrected chi connectivity index (χ2v) is 12.1. The first-order valence-electron chi connectivity index (χ1n) is 12.9. The molecule has 0 aliphatic carbocycles. The minimum atomic E-state index is -4.11. The molecule has 11 nitrogen and oxygen atoms in total. The molecule has 0 bridgehead atoms. The maximum Gasteiger partial charge on any atom is 0.324 e. The summed E-state index contributed by atoms with van der Waals surface area (Å²) >= 11 is 0. The van der Waals surface area contributed by atoms with Gasteiger partial charge >= 0.3 is 11.9 Å². The van der Waals surface area contributed by atoms with Crippen LogP contribution in [-0.4, -0.2) is 70.7 Å². The Balaban J connectivity index is 1.85. The van der Waals surface area contributed by atoms with E-state index in [0.29, 0.717) is 22.9 Å². The highest BCUT2D eigenvalue weighted by Gasteiger charge is 2.40. The number of benzene rings is 2. The van der Waals surface area contributed by atoms with E-state index in [1.807, 2.05) is 12.1 Å². The molecule has 0 unspecified atom stereocenters. The number of ether oxygens (including phenoxy) is 5. The summed E-state index contributed by atoms with van der Waals surface area (Å²) in [6, 6.07) is 8.93. The van der Waals surface area contributed by atoms with Crippen molar-refractivity contribution >= 4 is 27.6 Å². The van der Waals surface area contributed by atoms with Crippen molar-refractivity contribution in [2.24, 2.45) is 0 Å². The van der Waals surface area contributed by atoms with Crippen molar-refractivity contribution < 1.29 is 41.7 Å². The minimum absolute atomic E-state index is 0.0157. The molecule has 40 heavy (non-hydrogen) atoms. The summed E-state index contributed by atoms with van der Waals surface area (Å²) in [4.78, 5) is 24.8. The van der Waals surface area contributed by atoms with Crippen LogP contribution in [0, 0.1) is 0 Å². The van der Waals surface area contributed by atoms with E-state index in [2.05, 4.69) is 10.1 Å². The number of nitrogens with zero attached hydrogens (tertiary/aromatic N) is 1. The molecule has 0 saturated carbocycles. The highest BCUT2D eigenvalue weighted by Crippen LogP contribution is 2.34. The largest absolute Gasteiger partial charge is 0.497 e. The Labute approximate surface area is 235 Å². The van der Waals surface area contributed by atoms with E-state index in [0.717, 1.165) is 9.87 Å². The van der Waals surface area contributed by atoms with Gasteiger partial charge in [-0.1, -0.05) is 0 Å². The van der Waals surface area contributed by atoms with Crippen LogP contribution in [0.1, 0.15) is 45.6 Å². The lowest BCUT2D eigenvalue weighted by Crippen LogP contribution is -2.48. The maximum absolute atomic E-state index is 13.8. The lowest BCUT2D eigenvalue weighted by Gasteiger charge is -2.31. The first kappa shape index (κ1) is 31.0. The van der Waals surface area contributed by atoms with Gasteiger partial charge in [0.05, 0.1) is 27.0 Å². The zero-order valence-electron chi connectivity index (χ0n) is 23.8. The molecule has 12 heteroatoms. The summed E-state index contributed by atoms with van der Waals surface area (Å²) in [5, 5.41) is 3.14. The summed E-state index contributed by atoms with van der Waals surface area (Å²) < 4.78 is 55.6. The van der Waals surface area contributed by atoms with Crippen LogP contribution in [0.25, 0.3) is 0 Å². The molecule has 0 saturated heterocycles. The molecule has 0 amide bonds. The molecule has 1 atom stereocenters. The minimum Gasteiger partial charge on any atom is -0.497 e. The monoisotopic (exact) mass is 578 g/mol. The van der Waals surface area contributed by atoms with Gasteiger partial charge in [-0.05, 0) is 63.4 Å². The third-order valence-electron chi connectivity index (χ3n) is 6.11. The molecule has 1 N–H and O–H groups in total. The topological polar surface area (TPSA) is 130 Å². The van der Waals surface area contributed by atoms with Gasteiger partial charge in [0, 0.05) is 31.6 Å². The highest BCUT2D eigenvalue weighted by atomic mass is 32.2. The second-order valence-electron chi connectivity index (χ2n) is 10.2. The van der Waals surface area contributed by atoms with Gasteiger partial charge in [-0.25, -0.2) is 8.42 Å². The predicted molar refractivity (Wildman–Crippen MR) is 148 cm³/mol. The molecule has 220 valence electrons. The summed E-state index contributed by atoms with van der Waals surface area (Å²) in [6.45, 7) is 5.62. The number of rotatable bonds is 11. The summed E-state index contributed by atoms with van der Waals surface area (Å²) in [6.07, 6.45) is 0.410. The Morgan fingerprint density at radius 3 is 2.27 bits per heavy atom. The van der Waals surface area contributed by atoms with Crippen molar-refractivity contribution in [3.05, 3.63) is 42.0 Å². The number of anilines is 1. The molecule has 0 aromatic heterocycles. The van der Waals surface area contributed by atoms with Crippen LogP contribution in [-0.2, 0) is 35.7 Å². The fourth-order valence-electron chi connectivity index (χ4n) is 4.24. The van der Waals surface area contributed by atoms with E-state index in [1.54, 1.807) is 53.2 Å². The molecule has 0 radical (unpaired) electrons. The number of nitrogens with one attached hydrogen (secondary N) is 1. The number of hydrogen-bond donors (Lipinski definition) is 1. The number of methoxy groups -OCH3 is 3. The number of carbonyl (C=O) groups is 2. The molecule has 0 spiro atoms. The molecule has 0 fully saturated rings. The van der Waals surface area contributed by atoms with Crippen LogP contribution in [0.4, 0.5) is 5.69 Å². The predicted octanol–water partition coefficient (Wildman–Crippen LogP) is 3.75. The quantitative estimate of drug-likeness (QED) is 0.394. The van der Waals surface area contributed by atoms with Crippen molar-refractivity contribution in [3.8, 4) is 17.2 Å². The van der Waals surface area contributed by atoms with E-state index in [1.165, 1.54) is 13.2 Å². The average molecular weight is 579 g/mol. The van der Waals surface area contributed by atoms with Gasteiger partial charge in [0.1, 0.15) is 40.4 Å². The number of fused-ring (bicyclic) bond motifs is 1. The normalized spacial score (nSPS) is 15.6. The molecule has 1 heterocycles. The van der Waals surface area contributed by atoms with E-state index >= 15 is 0 Å². The summed E-state index contributed by atoms with van der Waals surface area (Å²) in [5.74, 6) is 0.600. The van der Waals surface area contributed by atoms with Gasteiger partial charge in [0.15, 0.2) is 0 Å². The SMILES string of the molecule is COC(=O)CCC[C@H](C(=O)OC(C)(C)C)N1CCNc2cc(OCc3cc(OC)cc(OC)c3)ccc2S1(=O)=O. The van der Waals surface area contributed by atoms with Crippen molar-refractivity contribution in [3.63, 3.8) is 0 Å². The Morgan fingerprint density at radius 1 is 1.00 bits per heavy atom. The van der Waals surface area contributed by atoms with Crippen molar-refractivity contribution in [1.82, 2.24) is 4.31 Å². The molecule has 3 rings (SSSR count). The lowest BCUT2D eigenvalue weighted by atomic mass is 10.1. The van der Waals surface area contributed by atoms with Crippen LogP contribution in [0.3, 0.4) is 0 Å². The van der Waals surface area contributed by atoms with Gasteiger partial charge in [0.25, 0.3) is 0 Å². The number of carbonyl (C=O) groups excluding carboxylic acids is 2. The van der Waals surface area contributed by atoms with Crippen molar-refractivity contribution in [2.75, 3.05) is 39.7 Å². The standard InChI is InChI=1S/C28H38N2O9S/c1-28(2,3)39-27(32)24(8-7-9-26(31)37-6)30-13-12-29-23-17-20(10-11-25(23)40(30,33)34)38-18-19-14-21(35-4)16-22(15-19)36-5/h10-11,14-17,24,29H,7-9,12-13,18H2,1-6H3/t24-/m1/s1. The van der Waals surface area contributed by atoms with Gasteiger partial charge in [-0.2, -0.15) is 4.31 Å². The van der Waals surface area contributed by atoms with Crippen LogP contribution < -0.4 is 19.5 Å². The van der Waals surface area contributed by atoms with E-state index < -0.39 is 33.6 Å².